The van der Waals surface area contributed by atoms with Crippen LogP contribution in [-0.4, -0.2) is 53.3 Å². The van der Waals surface area contributed by atoms with E-state index in [0.717, 1.165) is 0 Å². The predicted octanol–water partition coefficient (Wildman–Crippen LogP) is -1.48. The van der Waals surface area contributed by atoms with Gasteiger partial charge in [-0.1, -0.05) is 0 Å². The first-order valence-corrected chi connectivity index (χ1v) is 3.84. The van der Waals surface area contributed by atoms with E-state index in [0.29, 0.717) is 6.54 Å². The van der Waals surface area contributed by atoms with Crippen LogP contribution in [0.4, 0.5) is 0 Å². The van der Waals surface area contributed by atoms with Gasteiger partial charge in [0.15, 0.2) is 0 Å². The maximum Gasteiger partial charge on any atom is 0.0993 e. The second kappa shape index (κ2) is 4.15. The summed E-state index contributed by atoms with van der Waals surface area (Å²) in [5, 5.41) is 20.3. The van der Waals surface area contributed by atoms with Gasteiger partial charge in [-0.05, 0) is 6.04 Å². The summed E-state index contributed by atoms with van der Waals surface area (Å²) in [6.45, 7) is 1.72. The third-order valence-electron chi connectivity index (χ3n) is 2.56. The van der Waals surface area contributed by atoms with E-state index in [-0.39, 0.29) is 43.8 Å². The summed E-state index contributed by atoms with van der Waals surface area (Å²) in [6.07, 6.45) is -0.692. The van der Waals surface area contributed by atoms with Crippen molar-refractivity contribution in [1.82, 2.24) is 5.06 Å². The van der Waals surface area contributed by atoms with E-state index in [2.05, 4.69) is 0 Å². The first-order chi connectivity index (χ1) is 5.73. The molecule has 0 amide bonds. The first-order valence-electron chi connectivity index (χ1n) is 3.84. The molecule has 2 saturated heterocycles. The Balaban J connectivity index is 0.000000845. The molecule has 6 heteroatoms. The maximum atomic E-state index is 9.64. The summed E-state index contributed by atoms with van der Waals surface area (Å²) in [5.41, 5.74) is -0.860. The molecule has 0 aromatic carbocycles. The largest absolute Gasteiger partial charge is 0.541 e. The molecular weight excluding hydrogens is 400 g/mol. The Morgan fingerprint density at radius 2 is 2.46 bits per heavy atom. The number of hydrogen-bond donors (Lipinski definition) is 2. The Kier molecular flexibility index (Phi) is 3.81. The molecule has 5 nitrogen and oxygen atoms in total. The first kappa shape index (κ1) is 11.9. The molecule has 0 saturated carbocycles. The minimum atomic E-state index is -0.860. The third-order valence-corrected chi connectivity index (χ3v) is 2.56. The fourth-order valence-corrected chi connectivity index (χ4v) is 1.75. The van der Waals surface area contributed by atoms with Crippen LogP contribution >= 0.6 is 0 Å². The second-order valence-corrected chi connectivity index (χ2v) is 3.17. The van der Waals surface area contributed by atoms with Gasteiger partial charge in [0.25, 0.3) is 0 Å². The van der Waals surface area contributed by atoms with Crippen LogP contribution < -0.4 is 0 Å². The zero-order chi connectivity index (χ0) is 8.77. The molecule has 0 aromatic rings. The van der Waals surface area contributed by atoms with E-state index in [4.69, 9.17) is 14.7 Å². The summed E-state index contributed by atoms with van der Waals surface area (Å²) in [5.74, 6) is 0. The summed E-state index contributed by atoms with van der Waals surface area (Å²) in [7, 11) is 1.53. The van der Waals surface area contributed by atoms with Crippen LogP contribution in [0.3, 0.4) is 0 Å². The predicted molar refractivity (Wildman–Crippen MR) is 38.7 cm³/mol. The van der Waals surface area contributed by atoms with Gasteiger partial charge in [-0.25, -0.2) is 5.06 Å². The molecule has 2 aliphatic rings. The topological polar surface area (TPSA) is 62.2 Å². The van der Waals surface area contributed by atoms with Crippen LogP contribution in [0.15, 0.2) is 0 Å². The minimum absolute atomic E-state index is 0. The van der Waals surface area contributed by atoms with E-state index >= 15 is 0 Å². The molecule has 2 heterocycles. The molecule has 0 radical (unpaired) electrons. The van der Waals surface area contributed by atoms with Gasteiger partial charge < -0.3 is 19.8 Å². The summed E-state index contributed by atoms with van der Waals surface area (Å²) >= 11 is 0. The zero-order valence-corrected chi connectivity index (χ0v) is 11.5. The molecule has 74 valence electrons. The Bertz CT molecular complexity index is 193. The number of aliphatic hydroxyl groups is 2. The van der Waals surface area contributed by atoms with Gasteiger partial charge in [-0.2, -0.15) is 6.61 Å². The molecule has 2 bridgehead atoms. The molecule has 0 aromatic heterocycles. The smallest absolute Gasteiger partial charge is 0.0993 e. The van der Waals surface area contributed by atoms with Gasteiger partial charge in [0, 0.05) is 31.1 Å². The number of aliphatic hydroxyl groups excluding tert-OH is 2. The van der Waals surface area contributed by atoms with E-state index < -0.39 is 11.7 Å². The SMILES string of the molecule is CON1C[C@]2(CO)O[CH-][C@H]1[C@@H]2O.[U]. The van der Waals surface area contributed by atoms with Crippen molar-refractivity contribution in [3.05, 3.63) is 6.61 Å². The van der Waals surface area contributed by atoms with Crippen LogP contribution in [0.5, 0.6) is 0 Å². The summed E-state index contributed by atoms with van der Waals surface area (Å²) in [6, 6.07) is -0.248. The van der Waals surface area contributed by atoms with Crippen LogP contribution in [0.25, 0.3) is 0 Å². The van der Waals surface area contributed by atoms with Gasteiger partial charge in [0.1, 0.15) is 0 Å². The normalized spacial score (nSPS) is 43.6. The number of rotatable bonds is 2. The Morgan fingerprint density at radius 3 is 2.85 bits per heavy atom. The molecule has 0 aliphatic carbocycles. The molecule has 2 rings (SSSR count). The van der Waals surface area contributed by atoms with Crippen molar-refractivity contribution in [3.63, 3.8) is 0 Å². The van der Waals surface area contributed by atoms with Gasteiger partial charge >= 0.3 is 0 Å². The fourth-order valence-electron chi connectivity index (χ4n) is 1.75. The summed E-state index contributed by atoms with van der Waals surface area (Å²) in [4.78, 5) is 4.99. The van der Waals surface area contributed by atoms with Gasteiger partial charge in [-0.15, -0.1) is 0 Å². The number of ether oxygens (including phenoxy) is 1. The fraction of sp³-hybridized carbons (Fsp3) is 0.857. The van der Waals surface area contributed by atoms with Gasteiger partial charge in [-0.3, -0.25) is 0 Å². The van der Waals surface area contributed by atoms with Crippen molar-refractivity contribution in [2.45, 2.75) is 17.7 Å². The van der Waals surface area contributed by atoms with E-state index in [9.17, 15) is 5.11 Å². The van der Waals surface area contributed by atoms with Crippen molar-refractivity contribution in [2.75, 3.05) is 20.3 Å². The second-order valence-electron chi connectivity index (χ2n) is 3.17. The monoisotopic (exact) mass is 412 g/mol. The van der Waals surface area contributed by atoms with E-state index in [1.807, 2.05) is 0 Å². The number of morpholine rings is 1. The Morgan fingerprint density at radius 1 is 1.77 bits per heavy atom. The molecule has 2 N–H and O–H groups in total. The van der Waals surface area contributed by atoms with Gasteiger partial charge in [0.05, 0.1) is 32.0 Å². The Hall–Kier alpha value is 0.852. The number of hydrogen-bond acceptors (Lipinski definition) is 5. The van der Waals surface area contributed by atoms with Crippen LogP contribution in [-0.2, 0) is 9.57 Å². The molecule has 2 aliphatic heterocycles. The molecule has 3 atom stereocenters. The molecule has 0 unspecified atom stereocenters. The zero-order valence-electron chi connectivity index (χ0n) is 7.30. The number of nitrogens with zero attached hydrogens (tertiary/aromatic N) is 1. The van der Waals surface area contributed by atoms with Crippen LogP contribution in [0.1, 0.15) is 0 Å². The molecular formula is C7H12NO4U-. The maximum absolute atomic E-state index is 9.64. The van der Waals surface area contributed by atoms with Crippen molar-refractivity contribution < 1.29 is 50.9 Å². The molecule has 0 spiro atoms. The van der Waals surface area contributed by atoms with Crippen molar-refractivity contribution in [3.8, 4) is 0 Å². The Labute approximate surface area is 100 Å². The van der Waals surface area contributed by atoms with Crippen molar-refractivity contribution in [2.24, 2.45) is 0 Å². The summed E-state index contributed by atoms with van der Waals surface area (Å²) < 4.78 is 5.19. The average Bonchev–Trinajstić information content (AvgIpc) is 2.58. The van der Waals surface area contributed by atoms with E-state index in [1.165, 1.54) is 13.7 Å². The van der Waals surface area contributed by atoms with E-state index in [1.54, 1.807) is 5.06 Å². The average molecular weight is 412 g/mol. The van der Waals surface area contributed by atoms with Crippen molar-refractivity contribution in [1.29, 1.82) is 0 Å². The standard InChI is InChI=1S/C7H12NO4.U/c1-11-8-3-7(4-9)6(10)5(8)2-12-7;/h2,5-6,9-10H,3-4H2,1H3;/q-1;/t5-,6-,7+;/m0./s1. The van der Waals surface area contributed by atoms with Crippen LogP contribution in [0.2, 0.25) is 0 Å². The number of fused-ring (bicyclic) bond motifs is 2. The van der Waals surface area contributed by atoms with Gasteiger partial charge in [0.2, 0.25) is 0 Å². The van der Waals surface area contributed by atoms with Crippen LogP contribution in [0, 0.1) is 37.7 Å². The molecule has 2 fully saturated rings. The minimum Gasteiger partial charge on any atom is -0.541 e. The quantitative estimate of drug-likeness (QED) is 0.542. The molecule has 13 heavy (non-hydrogen) atoms. The third kappa shape index (κ3) is 1.59. The number of hydroxylamine groups is 2. The van der Waals surface area contributed by atoms with Crippen molar-refractivity contribution >= 4 is 0 Å².